The third-order valence-corrected chi connectivity index (χ3v) is 5.58. The summed E-state index contributed by atoms with van der Waals surface area (Å²) in [4.78, 5) is 0. The van der Waals surface area contributed by atoms with Crippen LogP contribution in [0.4, 0.5) is 5.69 Å². The van der Waals surface area contributed by atoms with Gasteiger partial charge >= 0.3 is 0 Å². The first-order valence-corrected chi connectivity index (χ1v) is 9.27. The van der Waals surface area contributed by atoms with Crippen LogP contribution >= 0.6 is 0 Å². The summed E-state index contributed by atoms with van der Waals surface area (Å²) in [6.07, 6.45) is 5.36. The summed E-state index contributed by atoms with van der Waals surface area (Å²) in [6, 6.07) is 13.3. The fourth-order valence-electron chi connectivity index (χ4n) is 2.40. The minimum absolute atomic E-state index is 0.0803. The van der Waals surface area contributed by atoms with E-state index in [0.29, 0.717) is 37.4 Å². The number of aromatic hydroxyl groups is 1. The van der Waals surface area contributed by atoms with Crippen molar-refractivity contribution < 1.29 is 13.5 Å². The topological polar surface area (TPSA) is 74.2 Å². The van der Waals surface area contributed by atoms with Gasteiger partial charge in [0.05, 0.1) is 5.69 Å². The molecule has 2 N–H and O–H groups in total. The fraction of sp³-hybridized carbons (Fsp3) is 0.222. The van der Waals surface area contributed by atoms with Crippen LogP contribution in [0.25, 0.3) is 0 Å². The number of benzene rings is 2. The normalized spacial score (nSPS) is 17.2. The van der Waals surface area contributed by atoms with Crippen LogP contribution in [-0.4, -0.2) is 39.8 Å². The molecule has 0 aliphatic carbocycles. The van der Waals surface area contributed by atoms with Crippen LogP contribution in [-0.2, 0) is 10.2 Å². The summed E-state index contributed by atoms with van der Waals surface area (Å²) in [5.74, 6) is 2.59. The van der Waals surface area contributed by atoms with Crippen LogP contribution < -0.4 is 9.50 Å². The van der Waals surface area contributed by atoms with Gasteiger partial charge < -0.3 is 14.6 Å². The highest BCUT2D eigenvalue weighted by Gasteiger charge is 2.25. The number of nitrogens with zero attached hydrogens (tertiary/aromatic N) is 2. The van der Waals surface area contributed by atoms with Crippen molar-refractivity contribution in [1.29, 1.82) is 0 Å². The number of para-hydroxylation sites is 2. The van der Waals surface area contributed by atoms with Gasteiger partial charge in [0.25, 0.3) is 10.2 Å². The molecule has 130 valence electrons. The van der Waals surface area contributed by atoms with Crippen LogP contribution in [0.2, 0.25) is 0 Å². The lowest BCUT2D eigenvalue weighted by Gasteiger charge is -2.29. The summed E-state index contributed by atoms with van der Waals surface area (Å²) >= 11 is 0. The molecule has 0 bridgehead atoms. The minimum Gasteiger partial charge on any atom is -0.504 e. The van der Waals surface area contributed by atoms with Crippen molar-refractivity contribution in [3.63, 3.8) is 0 Å². The number of phenols is 1. The zero-order valence-electron chi connectivity index (χ0n) is 13.6. The van der Waals surface area contributed by atoms with Gasteiger partial charge in [-0.2, -0.15) is 12.9 Å². The second kappa shape index (κ2) is 7.57. The van der Waals surface area contributed by atoms with Crippen molar-refractivity contribution >= 4 is 15.9 Å². The molecule has 1 unspecified atom stereocenters. The lowest BCUT2D eigenvalue weighted by molar-refractivity contribution is 0.343. The maximum absolute atomic E-state index is 13.5. The van der Waals surface area contributed by atoms with E-state index < -0.39 is 10.2 Å². The lowest BCUT2D eigenvalue weighted by atomic mass is 10.2. The van der Waals surface area contributed by atoms with Gasteiger partial charge in [0.15, 0.2) is 11.5 Å². The monoisotopic (exact) mass is 357 g/mol. The maximum Gasteiger partial charge on any atom is 0.283 e. The van der Waals surface area contributed by atoms with Crippen LogP contribution in [0.3, 0.4) is 0 Å². The number of piperazine rings is 1. The first-order valence-electron chi connectivity index (χ1n) is 7.88. The molecule has 0 spiro atoms. The van der Waals surface area contributed by atoms with E-state index >= 15 is 0 Å². The Morgan fingerprint density at radius 2 is 1.84 bits per heavy atom. The molecule has 0 aromatic heterocycles. The van der Waals surface area contributed by atoms with E-state index in [2.05, 4.69) is 15.6 Å². The predicted molar refractivity (Wildman–Crippen MR) is 97.8 cm³/mol. The number of hydrogen-bond donors (Lipinski definition) is 2. The summed E-state index contributed by atoms with van der Waals surface area (Å²) in [5.41, 5.74) is 1.21. The molecular weight excluding hydrogens is 338 g/mol. The molecule has 1 saturated heterocycles. The molecule has 7 heteroatoms. The minimum atomic E-state index is -3.23. The SMILES string of the molecule is C#Cc1ccc(N=S(=O)(Oc2ccccc2O)N2CCNCC2)cc1. The van der Waals surface area contributed by atoms with Crippen molar-refractivity contribution in [2.45, 2.75) is 0 Å². The maximum atomic E-state index is 13.5. The average molecular weight is 357 g/mol. The van der Waals surface area contributed by atoms with Crippen molar-refractivity contribution in [3.05, 3.63) is 54.1 Å². The Kier molecular flexibility index (Phi) is 5.24. The predicted octanol–water partition coefficient (Wildman–Crippen LogP) is 2.29. The van der Waals surface area contributed by atoms with Gasteiger partial charge in [-0.3, -0.25) is 0 Å². The highest BCUT2D eigenvalue weighted by Crippen LogP contribution is 2.29. The van der Waals surface area contributed by atoms with E-state index in [9.17, 15) is 9.32 Å². The van der Waals surface area contributed by atoms with Crippen molar-refractivity contribution in [2.24, 2.45) is 4.36 Å². The smallest absolute Gasteiger partial charge is 0.283 e. The molecule has 1 heterocycles. The Morgan fingerprint density at radius 3 is 2.48 bits per heavy atom. The summed E-state index contributed by atoms with van der Waals surface area (Å²) in [6.45, 7) is 2.43. The molecule has 0 saturated carbocycles. The van der Waals surface area contributed by atoms with E-state index in [1.165, 1.54) is 6.07 Å². The van der Waals surface area contributed by atoms with E-state index in [0.717, 1.165) is 0 Å². The molecule has 1 aliphatic heterocycles. The second-order valence-electron chi connectivity index (χ2n) is 5.46. The van der Waals surface area contributed by atoms with Gasteiger partial charge in [-0.15, -0.1) is 6.42 Å². The van der Waals surface area contributed by atoms with Crippen LogP contribution in [0, 0.1) is 12.3 Å². The summed E-state index contributed by atoms with van der Waals surface area (Å²) in [7, 11) is -3.23. The highest BCUT2D eigenvalue weighted by molar-refractivity contribution is 7.87. The van der Waals surface area contributed by atoms with Crippen LogP contribution in [0.5, 0.6) is 11.5 Å². The average Bonchev–Trinajstić information content (AvgIpc) is 2.65. The third kappa shape index (κ3) is 4.12. The van der Waals surface area contributed by atoms with E-state index in [1.54, 1.807) is 46.8 Å². The first kappa shape index (κ1) is 17.3. The molecular formula is C18H19N3O3S. The number of nitrogens with one attached hydrogen (secondary N) is 1. The van der Waals surface area contributed by atoms with Crippen molar-refractivity contribution in [2.75, 3.05) is 26.2 Å². The molecule has 0 amide bonds. The molecule has 1 atom stereocenters. The zero-order valence-corrected chi connectivity index (χ0v) is 14.4. The van der Waals surface area contributed by atoms with Crippen molar-refractivity contribution in [3.8, 4) is 23.8 Å². The van der Waals surface area contributed by atoms with Gasteiger partial charge in [-0.05, 0) is 36.4 Å². The number of phenolic OH excluding ortho intramolecular Hbond substituents is 1. The largest absolute Gasteiger partial charge is 0.504 e. The fourth-order valence-corrected chi connectivity index (χ4v) is 4.07. The van der Waals surface area contributed by atoms with Gasteiger partial charge in [-0.1, -0.05) is 18.1 Å². The Labute approximate surface area is 148 Å². The molecule has 1 aliphatic rings. The summed E-state index contributed by atoms with van der Waals surface area (Å²) < 4.78 is 25.3. The quantitative estimate of drug-likeness (QED) is 0.824. The first-order chi connectivity index (χ1) is 12.1. The highest BCUT2D eigenvalue weighted by atomic mass is 32.2. The Hall–Kier alpha value is -2.53. The molecule has 6 nitrogen and oxygen atoms in total. The van der Waals surface area contributed by atoms with Gasteiger partial charge in [-0.25, -0.2) is 0 Å². The zero-order chi connectivity index (χ0) is 17.7. The Morgan fingerprint density at radius 1 is 1.16 bits per heavy atom. The molecule has 25 heavy (non-hydrogen) atoms. The van der Waals surface area contributed by atoms with E-state index in [4.69, 9.17) is 10.6 Å². The lowest BCUT2D eigenvalue weighted by Crippen LogP contribution is -2.47. The third-order valence-electron chi connectivity index (χ3n) is 3.72. The number of terminal acetylenes is 1. The second-order valence-corrected chi connectivity index (χ2v) is 7.22. The Bertz CT molecular complexity index is 891. The van der Waals surface area contributed by atoms with E-state index in [1.807, 2.05) is 0 Å². The van der Waals surface area contributed by atoms with Crippen LogP contribution in [0.15, 0.2) is 52.9 Å². The van der Waals surface area contributed by atoms with E-state index in [-0.39, 0.29) is 11.5 Å². The van der Waals surface area contributed by atoms with Crippen LogP contribution in [0.1, 0.15) is 5.56 Å². The molecule has 3 rings (SSSR count). The summed E-state index contributed by atoms with van der Waals surface area (Å²) in [5, 5.41) is 13.2. The molecule has 0 radical (unpaired) electrons. The number of rotatable bonds is 4. The van der Waals surface area contributed by atoms with Crippen molar-refractivity contribution in [1.82, 2.24) is 9.62 Å². The molecule has 1 fully saturated rings. The number of hydrogen-bond acceptors (Lipinski definition) is 5. The molecule has 2 aromatic rings. The van der Waals surface area contributed by atoms with Gasteiger partial charge in [0.2, 0.25) is 0 Å². The Balaban J connectivity index is 2.01. The molecule has 2 aromatic carbocycles. The standard InChI is InChI=1S/C18H19N3O3S/c1-2-15-7-9-16(10-8-15)20-25(23,21-13-11-19-12-14-21)24-18-6-4-3-5-17(18)22/h1,3-10,19,22H,11-14H2. The van der Waals surface area contributed by atoms with Gasteiger partial charge in [0, 0.05) is 31.7 Å². The van der Waals surface area contributed by atoms with Gasteiger partial charge in [0.1, 0.15) is 0 Å².